The fourth-order valence-corrected chi connectivity index (χ4v) is 3.41. The number of carbonyl (C=O) groups excluding carboxylic acids is 3. The average molecular weight is 344 g/mol. The first kappa shape index (κ1) is 17.5. The number of hydrogen-bond acceptors (Lipinski definition) is 4. The van der Waals surface area contributed by atoms with Crippen LogP contribution in [0.15, 0.2) is 30.3 Å². The predicted molar refractivity (Wildman–Crippen MR) is 91.3 cm³/mol. The zero-order chi connectivity index (χ0) is 17.9. The SMILES string of the molecule is CCOC(=O)CCC(=O)N1CCCN1C(=O)C1(c2ccccc2)CC1. The Morgan fingerprint density at radius 1 is 1.04 bits per heavy atom. The first-order valence-corrected chi connectivity index (χ1v) is 8.92. The van der Waals surface area contributed by atoms with Gasteiger partial charge in [0.2, 0.25) is 5.91 Å². The maximum Gasteiger partial charge on any atom is 0.306 e. The van der Waals surface area contributed by atoms with Gasteiger partial charge < -0.3 is 4.74 Å². The van der Waals surface area contributed by atoms with Gasteiger partial charge in [0.1, 0.15) is 0 Å². The van der Waals surface area contributed by atoms with Crippen LogP contribution >= 0.6 is 0 Å². The Kier molecular flexibility index (Phi) is 5.06. The highest BCUT2D eigenvalue weighted by Crippen LogP contribution is 2.50. The standard InChI is InChI=1S/C19H24N2O4/c1-2-25-17(23)10-9-16(22)20-13-6-14-21(20)18(24)19(11-12-19)15-7-4-3-5-8-15/h3-5,7-8H,2,6,9-14H2,1H3. The second-order valence-electron chi connectivity index (χ2n) is 6.55. The Morgan fingerprint density at radius 2 is 1.72 bits per heavy atom. The second kappa shape index (κ2) is 7.25. The minimum Gasteiger partial charge on any atom is -0.466 e. The van der Waals surface area contributed by atoms with Gasteiger partial charge in [0, 0.05) is 19.5 Å². The first-order chi connectivity index (χ1) is 12.1. The number of nitrogens with zero attached hydrogens (tertiary/aromatic N) is 2. The van der Waals surface area contributed by atoms with Crippen LogP contribution in [0.1, 0.15) is 44.6 Å². The lowest BCUT2D eigenvalue weighted by Gasteiger charge is -2.31. The van der Waals surface area contributed by atoms with E-state index in [2.05, 4.69) is 0 Å². The maximum absolute atomic E-state index is 13.1. The molecule has 2 aliphatic rings. The second-order valence-corrected chi connectivity index (χ2v) is 6.55. The van der Waals surface area contributed by atoms with Gasteiger partial charge in [-0.3, -0.25) is 24.4 Å². The van der Waals surface area contributed by atoms with Gasteiger partial charge >= 0.3 is 5.97 Å². The zero-order valence-electron chi connectivity index (χ0n) is 14.6. The van der Waals surface area contributed by atoms with Crippen LogP contribution in [0.25, 0.3) is 0 Å². The van der Waals surface area contributed by atoms with E-state index in [9.17, 15) is 14.4 Å². The van der Waals surface area contributed by atoms with Crippen molar-refractivity contribution in [1.29, 1.82) is 0 Å². The Labute approximate surface area is 147 Å². The van der Waals surface area contributed by atoms with Crippen LogP contribution in [0.3, 0.4) is 0 Å². The van der Waals surface area contributed by atoms with Gasteiger partial charge in [-0.25, -0.2) is 0 Å². The van der Waals surface area contributed by atoms with Gasteiger partial charge in [0.15, 0.2) is 0 Å². The zero-order valence-corrected chi connectivity index (χ0v) is 14.6. The number of amides is 2. The fraction of sp³-hybridized carbons (Fsp3) is 0.526. The third-order valence-electron chi connectivity index (χ3n) is 4.89. The topological polar surface area (TPSA) is 66.9 Å². The fourth-order valence-electron chi connectivity index (χ4n) is 3.41. The van der Waals surface area contributed by atoms with E-state index in [0.29, 0.717) is 19.7 Å². The lowest BCUT2D eigenvalue weighted by molar-refractivity contribution is -0.160. The van der Waals surface area contributed by atoms with E-state index in [1.54, 1.807) is 11.9 Å². The lowest BCUT2D eigenvalue weighted by atomic mass is 9.95. The number of ether oxygens (including phenoxy) is 1. The predicted octanol–water partition coefficient (Wildman–Crippen LogP) is 2.04. The van der Waals surface area contributed by atoms with E-state index < -0.39 is 5.41 Å². The van der Waals surface area contributed by atoms with Crippen LogP contribution in [0.2, 0.25) is 0 Å². The molecule has 0 bridgehead atoms. The molecule has 0 spiro atoms. The normalized spacial score (nSPS) is 18.1. The molecule has 1 aromatic carbocycles. The van der Waals surface area contributed by atoms with E-state index in [1.165, 1.54) is 5.01 Å². The number of hydrogen-bond donors (Lipinski definition) is 0. The van der Waals surface area contributed by atoms with Gasteiger partial charge in [-0.2, -0.15) is 0 Å². The molecule has 0 radical (unpaired) electrons. The molecule has 1 saturated heterocycles. The summed E-state index contributed by atoms with van der Waals surface area (Å²) in [6.07, 6.45) is 2.52. The summed E-state index contributed by atoms with van der Waals surface area (Å²) in [4.78, 5) is 37.1. The minimum absolute atomic E-state index is 0.000634. The van der Waals surface area contributed by atoms with E-state index in [-0.39, 0.29) is 30.6 Å². The Hall–Kier alpha value is -2.37. The highest BCUT2D eigenvalue weighted by Gasteiger charge is 2.54. The molecule has 6 nitrogen and oxygen atoms in total. The van der Waals surface area contributed by atoms with Crippen molar-refractivity contribution in [3.05, 3.63) is 35.9 Å². The van der Waals surface area contributed by atoms with Crippen molar-refractivity contribution < 1.29 is 19.1 Å². The van der Waals surface area contributed by atoms with Crippen molar-refractivity contribution in [2.45, 2.75) is 44.4 Å². The molecule has 1 aromatic rings. The Morgan fingerprint density at radius 3 is 2.36 bits per heavy atom. The summed E-state index contributed by atoms with van der Waals surface area (Å²) in [6, 6.07) is 9.77. The maximum atomic E-state index is 13.1. The van der Waals surface area contributed by atoms with Gasteiger partial charge in [0.25, 0.3) is 5.91 Å². The average Bonchev–Trinajstić information content (AvgIpc) is 3.30. The van der Waals surface area contributed by atoms with Crippen molar-refractivity contribution >= 4 is 17.8 Å². The van der Waals surface area contributed by atoms with Gasteiger partial charge in [0.05, 0.1) is 18.4 Å². The van der Waals surface area contributed by atoms with Crippen LogP contribution in [0.4, 0.5) is 0 Å². The molecule has 6 heteroatoms. The number of carbonyl (C=O) groups is 3. The van der Waals surface area contributed by atoms with Crippen molar-refractivity contribution in [1.82, 2.24) is 10.0 Å². The summed E-state index contributed by atoms with van der Waals surface area (Å²) >= 11 is 0. The number of rotatable bonds is 6. The summed E-state index contributed by atoms with van der Waals surface area (Å²) in [5, 5.41) is 3.11. The van der Waals surface area contributed by atoms with E-state index in [0.717, 1.165) is 24.8 Å². The highest BCUT2D eigenvalue weighted by molar-refractivity contribution is 5.93. The molecular formula is C19H24N2O4. The van der Waals surface area contributed by atoms with Crippen molar-refractivity contribution in [2.75, 3.05) is 19.7 Å². The molecule has 0 unspecified atom stereocenters. The Balaban J connectivity index is 1.66. The van der Waals surface area contributed by atoms with Gasteiger partial charge in [-0.1, -0.05) is 30.3 Å². The highest BCUT2D eigenvalue weighted by atomic mass is 16.5. The van der Waals surface area contributed by atoms with Crippen molar-refractivity contribution in [2.24, 2.45) is 0 Å². The molecule has 0 aromatic heterocycles. The molecule has 0 N–H and O–H groups in total. The molecule has 134 valence electrons. The summed E-state index contributed by atoms with van der Waals surface area (Å²) in [7, 11) is 0. The number of esters is 1. The number of benzene rings is 1. The molecule has 2 fully saturated rings. The molecule has 2 amide bonds. The van der Waals surface area contributed by atoms with Crippen molar-refractivity contribution in [3.8, 4) is 0 Å². The monoisotopic (exact) mass is 344 g/mol. The van der Waals surface area contributed by atoms with E-state index in [1.807, 2.05) is 30.3 Å². The molecule has 25 heavy (non-hydrogen) atoms. The summed E-state index contributed by atoms with van der Waals surface area (Å²) < 4.78 is 4.86. The van der Waals surface area contributed by atoms with Crippen LogP contribution in [0, 0.1) is 0 Å². The van der Waals surface area contributed by atoms with Crippen molar-refractivity contribution in [3.63, 3.8) is 0 Å². The lowest BCUT2D eigenvalue weighted by Crippen LogP contribution is -2.49. The molecule has 1 aliphatic heterocycles. The minimum atomic E-state index is -0.481. The smallest absolute Gasteiger partial charge is 0.306 e. The first-order valence-electron chi connectivity index (χ1n) is 8.92. The Bertz CT molecular complexity index is 655. The number of hydrazine groups is 1. The summed E-state index contributed by atoms with van der Waals surface area (Å²) in [6.45, 7) is 3.12. The molecule has 3 rings (SSSR count). The largest absolute Gasteiger partial charge is 0.466 e. The molecular weight excluding hydrogens is 320 g/mol. The van der Waals surface area contributed by atoms with Crippen LogP contribution in [0.5, 0.6) is 0 Å². The molecule has 1 saturated carbocycles. The molecule has 1 aliphatic carbocycles. The van der Waals surface area contributed by atoms with Crippen LogP contribution in [-0.2, 0) is 24.5 Å². The van der Waals surface area contributed by atoms with E-state index >= 15 is 0 Å². The van der Waals surface area contributed by atoms with Crippen LogP contribution < -0.4 is 0 Å². The third kappa shape index (κ3) is 3.52. The van der Waals surface area contributed by atoms with Gasteiger partial charge in [-0.15, -0.1) is 0 Å². The molecule has 0 atom stereocenters. The third-order valence-corrected chi connectivity index (χ3v) is 4.89. The van der Waals surface area contributed by atoms with E-state index in [4.69, 9.17) is 4.74 Å². The van der Waals surface area contributed by atoms with Crippen LogP contribution in [-0.4, -0.2) is 47.5 Å². The summed E-state index contributed by atoms with van der Waals surface area (Å²) in [5.41, 5.74) is 0.538. The van der Waals surface area contributed by atoms with Gasteiger partial charge in [-0.05, 0) is 31.7 Å². The molecule has 1 heterocycles. The quantitative estimate of drug-likeness (QED) is 0.741. The summed E-state index contributed by atoms with van der Waals surface area (Å²) in [5.74, 6) is -0.570.